The van der Waals surface area contributed by atoms with E-state index in [2.05, 4.69) is 10.1 Å². The Morgan fingerprint density at radius 2 is 1.73 bits per heavy atom. The third-order valence-electron chi connectivity index (χ3n) is 3.64. The first kappa shape index (κ1) is 22.9. The van der Waals surface area contributed by atoms with Gasteiger partial charge in [0.25, 0.3) is 5.91 Å². The molecule has 0 aliphatic heterocycles. The molecule has 0 fully saturated rings. The van der Waals surface area contributed by atoms with Crippen LogP contribution in [0.4, 0.5) is 14.5 Å². The lowest BCUT2D eigenvalue weighted by Crippen LogP contribution is -2.21. The Kier molecular flexibility index (Phi) is 8.86. The van der Waals surface area contributed by atoms with Gasteiger partial charge in [0.2, 0.25) is 0 Å². The van der Waals surface area contributed by atoms with Crippen molar-refractivity contribution >= 4 is 17.6 Å². The van der Waals surface area contributed by atoms with Gasteiger partial charge in [-0.1, -0.05) is 6.92 Å². The van der Waals surface area contributed by atoms with Gasteiger partial charge >= 0.3 is 12.6 Å². The zero-order valence-electron chi connectivity index (χ0n) is 16.7. The van der Waals surface area contributed by atoms with E-state index < -0.39 is 25.1 Å². The number of anilines is 1. The fourth-order valence-electron chi connectivity index (χ4n) is 2.37. The van der Waals surface area contributed by atoms with Crippen LogP contribution in [0.15, 0.2) is 42.5 Å². The molecule has 0 spiro atoms. The van der Waals surface area contributed by atoms with Crippen molar-refractivity contribution in [1.82, 2.24) is 0 Å². The van der Waals surface area contributed by atoms with Gasteiger partial charge in [0, 0.05) is 5.69 Å². The summed E-state index contributed by atoms with van der Waals surface area (Å²) < 4.78 is 44.6. The third kappa shape index (κ3) is 7.23. The zero-order valence-corrected chi connectivity index (χ0v) is 16.7. The average Bonchev–Trinajstić information content (AvgIpc) is 2.72. The molecule has 162 valence electrons. The number of rotatable bonds is 11. The van der Waals surface area contributed by atoms with Gasteiger partial charge in [0.05, 0.1) is 18.8 Å². The van der Waals surface area contributed by atoms with Crippen molar-refractivity contribution in [3.63, 3.8) is 0 Å². The van der Waals surface area contributed by atoms with Gasteiger partial charge in [-0.25, -0.2) is 4.79 Å². The van der Waals surface area contributed by atoms with Crippen LogP contribution in [-0.4, -0.2) is 38.3 Å². The number of amides is 1. The lowest BCUT2D eigenvalue weighted by Gasteiger charge is -2.13. The van der Waals surface area contributed by atoms with Crippen molar-refractivity contribution < 1.29 is 37.3 Å². The zero-order chi connectivity index (χ0) is 21.9. The van der Waals surface area contributed by atoms with Gasteiger partial charge in [0.15, 0.2) is 18.1 Å². The largest absolute Gasteiger partial charge is 0.490 e. The topological polar surface area (TPSA) is 83.1 Å². The number of hydrogen-bond acceptors (Lipinski definition) is 6. The molecule has 0 heterocycles. The van der Waals surface area contributed by atoms with Crippen molar-refractivity contribution in [2.75, 3.05) is 25.1 Å². The van der Waals surface area contributed by atoms with Crippen LogP contribution >= 0.6 is 0 Å². The second-order valence-electron chi connectivity index (χ2n) is 5.97. The summed E-state index contributed by atoms with van der Waals surface area (Å²) in [4.78, 5) is 24.2. The van der Waals surface area contributed by atoms with Crippen LogP contribution in [-0.2, 0) is 9.53 Å². The van der Waals surface area contributed by atoms with Crippen molar-refractivity contribution in [3.8, 4) is 17.2 Å². The molecule has 0 aliphatic carbocycles. The molecular formula is C21H23F2NO6. The molecule has 0 bridgehead atoms. The Morgan fingerprint density at radius 3 is 2.37 bits per heavy atom. The number of esters is 1. The second kappa shape index (κ2) is 11.6. The summed E-state index contributed by atoms with van der Waals surface area (Å²) >= 11 is 0. The highest BCUT2D eigenvalue weighted by atomic mass is 19.3. The molecule has 9 heteroatoms. The SMILES string of the molecule is CCCOc1ccc(C(=O)OCC(=O)Nc2ccc(OC(F)F)cc2)cc1OCC. The summed E-state index contributed by atoms with van der Waals surface area (Å²) in [6.45, 7) is 1.24. The average molecular weight is 423 g/mol. The molecule has 2 aromatic carbocycles. The predicted octanol–water partition coefficient (Wildman–Crippen LogP) is 4.27. The van der Waals surface area contributed by atoms with Crippen molar-refractivity contribution in [3.05, 3.63) is 48.0 Å². The third-order valence-corrected chi connectivity index (χ3v) is 3.64. The summed E-state index contributed by atoms with van der Waals surface area (Å²) in [6, 6.07) is 9.98. The van der Waals surface area contributed by atoms with E-state index in [-0.39, 0.29) is 11.3 Å². The van der Waals surface area contributed by atoms with Crippen LogP contribution in [0.1, 0.15) is 30.6 Å². The molecule has 1 amide bonds. The highest BCUT2D eigenvalue weighted by Crippen LogP contribution is 2.29. The molecule has 0 radical (unpaired) electrons. The first-order chi connectivity index (χ1) is 14.4. The van der Waals surface area contributed by atoms with E-state index in [1.165, 1.54) is 36.4 Å². The normalized spacial score (nSPS) is 10.4. The quantitative estimate of drug-likeness (QED) is 0.544. The molecule has 0 saturated heterocycles. The number of carbonyl (C=O) groups is 2. The number of hydrogen-bond donors (Lipinski definition) is 1. The molecular weight excluding hydrogens is 400 g/mol. The van der Waals surface area contributed by atoms with Crippen LogP contribution in [0, 0.1) is 0 Å². The van der Waals surface area contributed by atoms with Gasteiger partial charge in [0.1, 0.15) is 5.75 Å². The maximum absolute atomic E-state index is 12.2. The summed E-state index contributed by atoms with van der Waals surface area (Å²) in [5, 5.41) is 2.49. The summed E-state index contributed by atoms with van der Waals surface area (Å²) in [7, 11) is 0. The van der Waals surface area contributed by atoms with Crippen molar-refractivity contribution in [1.29, 1.82) is 0 Å². The fraction of sp³-hybridized carbons (Fsp3) is 0.333. The number of alkyl halides is 2. The van der Waals surface area contributed by atoms with Crippen LogP contribution in [0.2, 0.25) is 0 Å². The number of benzene rings is 2. The highest BCUT2D eigenvalue weighted by molar-refractivity contribution is 5.95. The first-order valence-corrected chi connectivity index (χ1v) is 9.34. The number of nitrogens with one attached hydrogen (secondary N) is 1. The molecule has 1 N–H and O–H groups in total. The fourth-order valence-corrected chi connectivity index (χ4v) is 2.37. The van der Waals surface area contributed by atoms with E-state index in [1.807, 2.05) is 13.8 Å². The molecule has 0 aromatic heterocycles. The van der Waals surface area contributed by atoms with Gasteiger partial charge in [-0.15, -0.1) is 0 Å². The Balaban J connectivity index is 1.91. The maximum atomic E-state index is 12.2. The number of halogens is 2. The summed E-state index contributed by atoms with van der Waals surface area (Å²) in [5.41, 5.74) is 0.553. The summed E-state index contributed by atoms with van der Waals surface area (Å²) in [6.07, 6.45) is 0.826. The van der Waals surface area contributed by atoms with Gasteiger partial charge in [-0.05, 0) is 55.8 Å². The van der Waals surface area contributed by atoms with Crippen LogP contribution in [0.3, 0.4) is 0 Å². The Morgan fingerprint density at radius 1 is 1.00 bits per heavy atom. The molecule has 7 nitrogen and oxygen atoms in total. The minimum absolute atomic E-state index is 0.0362. The standard InChI is InChI=1S/C21H23F2NO6/c1-3-11-28-17-10-5-14(12-18(17)27-4-2)20(26)29-13-19(25)24-15-6-8-16(9-7-15)30-21(22)23/h5-10,12,21H,3-4,11,13H2,1-2H3,(H,24,25). The van der Waals surface area contributed by atoms with E-state index in [1.54, 1.807) is 6.07 Å². The molecule has 0 unspecified atom stereocenters. The monoisotopic (exact) mass is 423 g/mol. The van der Waals surface area contributed by atoms with E-state index in [4.69, 9.17) is 14.2 Å². The van der Waals surface area contributed by atoms with Crippen LogP contribution < -0.4 is 19.5 Å². The maximum Gasteiger partial charge on any atom is 0.387 e. The highest BCUT2D eigenvalue weighted by Gasteiger charge is 2.14. The lowest BCUT2D eigenvalue weighted by atomic mass is 10.2. The van der Waals surface area contributed by atoms with Crippen LogP contribution in [0.5, 0.6) is 17.2 Å². The molecule has 0 aliphatic rings. The van der Waals surface area contributed by atoms with E-state index in [0.717, 1.165) is 6.42 Å². The molecule has 2 aromatic rings. The van der Waals surface area contributed by atoms with Gasteiger partial charge in [-0.3, -0.25) is 4.79 Å². The van der Waals surface area contributed by atoms with Crippen LogP contribution in [0.25, 0.3) is 0 Å². The molecule has 0 saturated carbocycles. The van der Waals surface area contributed by atoms with Crippen molar-refractivity contribution in [2.24, 2.45) is 0 Å². The number of carbonyl (C=O) groups excluding carboxylic acids is 2. The van der Waals surface area contributed by atoms with E-state index in [9.17, 15) is 18.4 Å². The second-order valence-corrected chi connectivity index (χ2v) is 5.97. The Bertz CT molecular complexity index is 842. The lowest BCUT2D eigenvalue weighted by molar-refractivity contribution is -0.119. The molecule has 2 rings (SSSR count). The Hall–Kier alpha value is -3.36. The number of ether oxygens (including phenoxy) is 4. The van der Waals surface area contributed by atoms with E-state index in [0.29, 0.717) is 30.4 Å². The summed E-state index contributed by atoms with van der Waals surface area (Å²) in [5.74, 6) is -0.387. The molecule has 30 heavy (non-hydrogen) atoms. The van der Waals surface area contributed by atoms with E-state index >= 15 is 0 Å². The van der Waals surface area contributed by atoms with Crippen molar-refractivity contribution in [2.45, 2.75) is 26.9 Å². The minimum atomic E-state index is -2.93. The smallest absolute Gasteiger partial charge is 0.387 e. The van der Waals surface area contributed by atoms with Gasteiger partial charge in [-0.2, -0.15) is 8.78 Å². The minimum Gasteiger partial charge on any atom is -0.490 e. The van der Waals surface area contributed by atoms with Gasteiger partial charge < -0.3 is 24.3 Å². The first-order valence-electron chi connectivity index (χ1n) is 9.34. The Labute approximate surface area is 172 Å². The molecule has 0 atom stereocenters. The predicted molar refractivity (Wildman–Crippen MR) is 105 cm³/mol.